The maximum absolute atomic E-state index is 4.71. The average molecular weight is 262 g/mol. The van der Waals surface area contributed by atoms with Crippen LogP contribution in [-0.4, -0.2) is 27.0 Å². The van der Waals surface area contributed by atoms with Gasteiger partial charge < -0.3 is 4.57 Å². The lowest BCUT2D eigenvalue weighted by atomic mass is 10.1. The molecule has 4 heteroatoms. The summed E-state index contributed by atoms with van der Waals surface area (Å²) in [5, 5.41) is 6.91. The van der Waals surface area contributed by atoms with Crippen molar-refractivity contribution < 1.29 is 0 Å². The standard InChI is InChI=1S/C16H14N4/c1-2-4-12(5-3-1)16-15-7-6-14(13-10-18-19-11-13)20(15)9-8-17-16/h1-7,10-11H,8-9H2,(H,18,19). The van der Waals surface area contributed by atoms with Crippen LogP contribution in [0, 0.1) is 0 Å². The van der Waals surface area contributed by atoms with Gasteiger partial charge in [-0.05, 0) is 12.1 Å². The Balaban J connectivity index is 1.84. The van der Waals surface area contributed by atoms with Crippen LogP contribution in [0.1, 0.15) is 11.3 Å². The topological polar surface area (TPSA) is 46.0 Å². The number of aromatic nitrogens is 3. The number of aliphatic imine (C=N–C) groups is 1. The van der Waals surface area contributed by atoms with Gasteiger partial charge in [0, 0.05) is 23.9 Å². The summed E-state index contributed by atoms with van der Waals surface area (Å²) in [7, 11) is 0. The third kappa shape index (κ3) is 1.69. The molecule has 0 fully saturated rings. The fraction of sp³-hybridized carbons (Fsp3) is 0.125. The van der Waals surface area contributed by atoms with Crippen molar-refractivity contribution in [3.63, 3.8) is 0 Å². The average Bonchev–Trinajstić information content (AvgIpc) is 3.16. The van der Waals surface area contributed by atoms with Gasteiger partial charge >= 0.3 is 0 Å². The first-order valence-corrected chi connectivity index (χ1v) is 6.72. The molecule has 4 nitrogen and oxygen atoms in total. The van der Waals surface area contributed by atoms with Crippen LogP contribution >= 0.6 is 0 Å². The zero-order valence-electron chi connectivity index (χ0n) is 11.0. The summed E-state index contributed by atoms with van der Waals surface area (Å²) in [4.78, 5) is 4.71. The molecule has 0 saturated heterocycles. The Morgan fingerprint density at radius 1 is 0.950 bits per heavy atom. The van der Waals surface area contributed by atoms with E-state index in [1.165, 1.54) is 17.0 Å². The van der Waals surface area contributed by atoms with E-state index in [1.54, 1.807) is 0 Å². The summed E-state index contributed by atoms with van der Waals surface area (Å²) in [5.74, 6) is 0. The molecule has 2 aromatic heterocycles. The van der Waals surface area contributed by atoms with Crippen molar-refractivity contribution in [1.82, 2.24) is 14.8 Å². The fourth-order valence-corrected chi connectivity index (χ4v) is 2.74. The third-order valence-corrected chi connectivity index (χ3v) is 3.66. The molecule has 3 heterocycles. The minimum atomic E-state index is 0.816. The van der Waals surface area contributed by atoms with E-state index in [1.807, 2.05) is 18.5 Å². The Hall–Kier alpha value is -2.62. The van der Waals surface area contributed by atoms with Crippen molar-refractivity contribution in [2.45, 2.75) is 6.54 Å². The molecule has 1 aliphatic heterocycles. The Labute approximate surface area is 116 Å². The van der Waals surface area contributed by atoms with Gasteiger partial charge in [-0.3, -0.25) is 10.1 Å². The van der Waals surface area contributed by atoms with Crippen molar-refractivity contribution in [1.29, 1.82) is 0 Å². The Kier molecular flexibility index (Phi) is 2.52. The normalized spacial score (nSPS) is 13.9. The van der Waals surface area contributed by atoms with Crippen LogP contribution in [0.2, 0.25) is 0 Å². The number of benzene rings is 1. The molecule has 0 atom stereocenters. The largest absolute Gasteiger partial charge is 0.337 e. The molecule has 4 rings (SSSR count). The first-order valence-electron chi connectivity index (χ1n) is 6.72. The maximum Gasteiger partial charge on any atom is 0.0884 e. The number of hydrogen-bond donors (Lipinski definition) is 1. The van der Waals surface area contributed by atoms with Gasteiger partial charge in [0.25, 0.3) is 0 Å². The zero-order chi connectivity index (χ0) is 13.4. The second-order valence-electron chi connectivity index (χ2n) is 4.84. The monoisotopic (exact) mass is 262 g/mol. The second-order valence-corrected chi connectivity index (χ2v) is 4.84. The summed E-state index contributed by atoms with van der Waals surface area (Å²) in [5.41, 5.74) is 5.73. The first-order chi connectivity index (χ1) is 9.93. The van der Waals surface area contributed by atoms with E-state index in [4.69, 9.17) is 4.99 Å². The summed E-state index contributed by atoms with van der Waals surface area (Å²) >= 11 is 0. The van der Waals surface area contributed by atoms with Gasteiger partial charge in [0.2, 0.25) is 0 Å². The summed E-state index contributed by atoms with van der Waals surface area (Å²) < 4.78 is 2.32. The van der Waals surface area contributed by atoms with Gasteiger partial charge in [-0.15, -0.1) is 0 Å². The highest BCUT2D eigenvalue weighted by molar-refractivity contribution is 6.12. The Bertz CT molecular complexity index is 751. The second kappa shape index (κ2) is 4.49. The van der Waals surface area contributed by atoms with Crippen LogP contribution in [-0.2, 0) is 6.54 Å². The molecule has 0 amide bonds. The molecule has 0 radical (unpaired) electrons. The summed E-state index contributed by atoms with van der Waals surface area (Å²) in [6, 6.07) is 14.6. The van der Waals surface area contributed by atoms with Crippen LogP contribution in [0.3, 0.4) is 0 Å². The number of rotatable bonds is 2. The number of hydrogen-bond acceptors (Lipinski definition) is 2. The number of fused-ring (bicyclic) bond motifs is 1. The number of nitrogens with zero attached hydrogens (tertiary/aromatic N) is 3. The molecule has 98 valence electrons. The molecule has 3 aromatic rings. The van der Waals surface area contributed by atoms with Crippen LogP contribution in [0.15, 0.2) is 59.9 Å². The lowest BCUT2D eigenvalue weighted by Crippen LogP contribution is -2.19. The molecule has 0 aliphatic carbocycles. The highest BCUT2D eigenvalue weighted by Gasteiger charge is 2.19. The Morgan fingerprint density at radius 2 is 1.80 bits per heavy atom. The number of aromatic amines is 1. The molecule has 0 saturated carbocycles. The SMILES string of the molecule is c1ccc(C2=NCCn3c2ccc3-c2cn[nH]c2)cc1. The molecule has 0 unspecified atom stereocenters. The minimum absolute atomic E-state index is 0.816. The van der Waals surface area contributed by atoms with Crippen LogP contribution in [0.5, 0.6) is 0 Å². The molecular formula is C16H14N4. The van der Waals surface area contributed by atoms with E-state index in [0.717, 1.165) is 24.4 Å². The van der Waals surface area contributed by atoms with E-state index in [0.29, 0.717) is 0 Å². The van der Waals surface area contributed by atoms with Crippen LogP contribution in [0.25, 0.3) is 11.3 Å². The van der Waals surface area contributed by atoms with Crippen molar-refractivity contribution in [2.75, 3.05) is 6.54 Å². The van der Waals surface area contributed by atoms with Crippen molar-refractivity contribution in [3.05, 3.63) is 66.1 Å². The van der Waals surface area contributed by atoms with Gasteiger partial charge in [-0.25, -0.2) is 0 Å². The first kappa shape index (κ1) is 11.2. The van der Waals surface area contributed by atoms with Gasteiger partial charge in [0.15, 0.2) is 0 Å². The predicted octanol–water partition coefficient (Wildman–Crippen LogP) is 2.73. The van der Waals surface area contributed by atoms with E-state index in [-0.39, 0.29) is 0 Å². The summed E-state index contributed by atoms with van der Waals surface area (Å²) in [6.07, 6.45) is 3.78. The van der Waals surface area contributed by atoms with Crippen molar-refractivity contribution in [3.8, 4) is 11.3 Å². The molecule has 0 bridgehead atoms. The molecular weight excluding hydrogens is 248 g/mol. The summed E-state index contributed by atoms with van der Waals surface area (Å²) in [6.45, 7) is 1.73. The van der Waals surface area contributed by atoms with Gasteiger partial charge in [0.05, 0.1) is 29.8 Å². The van der Waals surface area contributed by atoms with E-state index in [2.05, 4.69) is 51.2 Å². The van der Waals surface area contributed by atoms with E-state index < -0.39 is 0 Å². The smallest absolute Gasteiger partial charge is 0.0884 e. The number of H-pyrrole nitrogens is 1. The lowest BCUT2D eigenvalue weighted by molar-refractivity contribution is 0.697. The molecule has 1 aliphatic rings. The zero-order valence-corrected chi connectivity index (χ0v) is 11.0. The predicted molar refractivity (Wildman–Crippen MR) is 79.0 cm³/mol. The van der Waals surface area contributed by atoms with Gasteiger partial charge in [-0.2, -0.15) is 5.10 Å². The molecule has 0 spiro atoms. The third-order valence-electron chi connectivity index (χ3n) is 3.66. The van der Waals surface area contributed by atoms with Crippen molar-refractivity contribution >= 4 is 5.71 Å². The maximum atomic E-state index is 4.71. The highest BCUT2D eigenvalue weighted by Crippen LogP contribution is 2.25. The molecule has 1 N–H and O–H groups in total. The van der Waals surface area contributed by atoms with Crippen LogP contribution in [0.4, 0.5) is 0 Å². The highest BCUT2D eigenvalue weighted by atomic mass is 15.1. The van der Waals surface area contributed by atoms with Gasteiger partial charge in [0.1, 0.15) is 0 Å². The van der Waals surface area contributed by atoms with Gasteiger partial charge in [-0.1, -0.05) is 30.3 Å². The van der Waals surface area contributed by atoms with E-state index in [9.17, 15) is 0 Å². The lowest BCUT2D eigenvalue weighted by Gasteiger charge is -2.18. The molecule has 1 aromatic carbocycles. The van der Waals surface area contributed by atoms with E-state index >= 15 is 0 Å². The fourth-order valence-electron chi connectivity index (χ4n) is 2.74. The van der Waals surface area contributed by atoms with Crippen molar-refractivity contribution in [2.24, 2.45) is 4.99 Å². The number of nitrogens with one attached hydrogen (secondary N) is 1. The van der Waals surface area contributed by atoms with Crippen LogP contribution < -0.4 is 0 Å². The quantitative estimate of drug-likeness (QED) is 0.758. The Morgan fingerprint density at radius 3 is 2.60 bits per heavy atom. The molecule has 20 heavy (non-hydrogen) atoms. The minimum Gasteiger partial charge on any atom is -0.337 e.